The van der Waals surface area contributed by atoms with Gasteiger partial charge >= 0.3 is 0 Å². The van der Waals surface area contributed by atoms with Gasteiger partial charge in [-0.2, -0.15) is 0 Å². The molecule has 0 saturated heterocycles. The van der Waals surface area contributed by atoms with Crippen molar-refractivity contribution in [2.24, 2.45) is 0 Å². The molecule has 1 nitrogen and oxygen atoms in total. The van der Waals surface area contributed by atoms with E-state index in [0.29, 0.717) is 0 Å². The summed E-state index contributed by atoms with van der Waals surface area (Å²) in [5.74, 6) is 0. The van der Waals surface area contributed by atoms with Gasteiger partial charge in [-0.05, 0) is 130 Å². The second kappa shape index (κ2) is 14.6. The lowest BCUT2D eigenvalue weighted by Crippen LogP contribution is -2.09. The normalized spacial score (nSPS) is 11.4. The molecule has 11 rings (SSSR count). The van der Waals surface area contributed by atoms with E-state index in [4.69, 9.17) is 0 Å². The van der Waals surface area contributed by atoms with E-state index in [0.717, 1.165) is 17.1 Å². The Morgan fingerprint density at radius 3 is 1.42 bits per heavy atom. The second-order valence-electron chi connectivity index (χ2n) is 15.2. The Kier molecular flexibility index (Phi) is 8.56. The summed E-state index contributed by atoms with van der Waals surface area (Å²) in [4.78, 5) is 2.39. The molecular weight excluding hydrogens is 711 g/mol. The van der Waals surface area contributed by atoms with Crippen LogP contribution in [0.3, 0.4) is 0 Å². The monoisotopic (exact) mass is 749 g/mol. The van der Waals surface area contributed by atoms with Crippen molar-refractivity contribution in [3.05, 3.63) is 237 Å². The molecule has 0 amide bonds. The van der Waals surface area contributed by atoms with Crippen molar-refractivity contribution in [3.63, 3.8) is 0 Å². The Balaban J connectivity index is 1.20. The Morgan fingerprint density at radius 1 is 0.237 bits per heavy atom. The summed E-state index contributed by atoms with van der Waals surface area (Å²) in [6.45, 7) is 0. The number of rotatable bonds is 7. The van der Waals surface area contributed by atoms with E-state index < -0.39 is 0 Å². The van der Waals surface area contributed by atoms with Crippen LogP contribution in [0.1, 0.15) is 0 Å². The summed E-state index contributed by atoms with van der Waals surface area (Å²) >= 11 is 0. The lowest BCUT2D eigenvalue weighted by atomic mass is 9.81. The number of anilines is 3. The van der Waals surface area contributed by atoms with Gasteiger partial charge in [0.1, 0.15) is 0 Å². The van der Waals surface area contributed by atoms with Gasteiger partial charge < -0.3 is 4.90 Å². The molecule has 0 bridgehead atoms. The van der Waals surface area contributed by atoms with Gasteiger partial charge in [0, 0.05) is 17.1 Å². The third-order valence-corrected chi connectivity index (χ3v) is 11.8. The van der Waals surface area contributed by atoms with Crippen LogP contribution in [0, 0.1) is 0 Å². The molecule has 0 aliphatic heterocycles. The summed E-state index contributed by atoms with van der Waals surface area (Å²) in [6.07, 6.45) is 0. The number of fused-ring (bicyclic) bond motifs is 7. The molecule has 0 saturated carbocycles. The van der Waals surface area contributed by atoms with Crippen molar-refractivity contribution in [1.29, 1.82) is 0 Å². The molecule has 0 N–H and O–H groups in total. The first kappa shape index (κ1) is 34.5. The Labute approximate surface area is 344 Å². The summed E-state index contributed by atoms with van der Waals surface area (Å²) in [5, 5.41) is 9.98. The molecule has 0 aromatic heterocycles. The first-order valence-electron chi connectivity index (χ1n) is 20.3. The maximum atomic E-state index is 2.43. The Bertz CT molecular complexity index is 3280. The molecule has 0 unspecified atom stereocenters. The largest absolute Gasteiger partial charge is 0.310 e. The lowest BCUT2D eigenvalue weighted by molar-refractivity contribution is 1.29. The van der Waals surface area contributed by atoms with E-state index in [9.17, 15) is 0 Å². The predicted molar refractivity (Wildman–Crippen MR) is 253 cm³/mol. The highest BCUT2D eigenvalue weighted by molar-refractivity contribution is 6.33. The van der Waals surface area contributed by atoms with Crippen molar-refractivity contribution >= 4 is 60.2 Å². The van der Waals surface area contributed by atoms with Gasteiger partial charge in [0.15, 0.2) is 0 Å². The highest BCUT2D eigenvalue weighted by atomic mass is 15.1. The maximum Gasteiger partial charge on any atom is 0.0468 e. The van der Waals surface area contributed by atoms with Crippen LogP contribution >= 0.6 is 0 Å². The fraction of sp³-hybridized carbons (Fsp3) is 0. The average Bonchev–Trinajstić information content (AvgIpc) is 3.32. The molecule has 0 fully saturated rings. The van der Waals surface area contributed by atoms with Gasteiger partial charge in [-0.3, -0.25) is 0 Å². The van der Waals surface area contributed by atoms with Gasteiger partial charge in [-0.15, -0.1) is 0 Å². The zero-order valence-electron chi connectivity index (χ0n) is 32.5. The van der Waals surface area contributed by atoms with Crippen LogP contribution in [-0.2, 0) is 0 Å². The molecule has 276 valence electrons. The predicted octanol–water partition coefficient (Wildman–Crippen LogP) is 16.4. The van der Waals surface area contributed by atoms with Crippen LogP contribution in [0.5, 0.6) is 0 Å². The molecule has 0 heterocycles. The van der Waals surface area contributed by atoms with Crippen LogP contribution in [-0.4, -0.2) is 0 Å². The molecule has 59 heavy (non-hydrogen) atoms. The van der Waals surface area contributed by atoms with Gasteiger partial charge in [-0.25, -0.2) is 0 Å². The van der Waals surface area contributed by atoms with Gasteiger partial charge in [0.2, 0.25) is 0 Å². The van der Waals surface area contributed by atoms with E-state index in [1.54, 1.807) is 0 Å². The minimum absolute atomic E-state index is 1.10. The summed E-state index contributed by atoms with van der Waals surface area (Å²) in [7, 11) is 0. The van der Waals surface area contributed by atoms with E-state index in [1.165, 1.54) is 87.6 Å². The Hall–Kier alpha value is -7.74. The number of nitrogens with zero attached hydrogens (tertiary/aromatic N) is 1. The number of hydrogen-bond acceptors (Lipinski definition) is 1. The smallest absolute Gasteiger partial charge is 0.0468 e. The highest BCUT2D eigenvalue weighted by Gasteiger charge is 2.23. The minimum atomic E-state index is 1.10. The van der Waals surface area contributed by atoms with E-state index >= 15 is 0 Å². The minimum Gasteiger partial charge on any atom is -0.310 e. The van der Waals surface area contributed by atoms with Crippen LogP contribution in [0.2, 0.25) is 0 Å². The number of hydrogen-bond donors (Lipinski definition) is 0. The topological polar surface area (TPSA) is 3.24 Å². The van der Waals surface area contributed by atoms with Crippen molar-refractivity contribution < 1.29 is 0 Å². The summed E-state index contributed by atoms with van der Waals surface area (Å²) in [5.41, 5.74) is 13.1. The van der Waals surface area contributed by atoms with Crippen LogP contribution in [0.4, 0.5) is 17.1 Å². The van der Waals surface area contributed by atoms with Gasteiger partial charge in [0.05, 0.1) is 0 Å². The zero-order valence-corrected chi connectivity index (χ0v) is 32.5. The maximum absolute atomic E-state index is 2.43. The standard InChI is InChI=1S/C58H39N/c1-5-18-41(19-6-1)53-39-54(42-20-7-2-8-21-42)57-51-30-16-15-29-50(51)55-38-47(36-37-52(55)58(57)56(53)44-23-9-3-10-24-44)59(45-26-11-4-12-27-45)46-34-32-43(33-35-46)49-31-17-25-40-22-13-14-28-48(40)49/h1-39H. The number of benzene rings is 11. The fourth-order valence-electron chi connectivity index (χ4n) is 9.17. The quantitative estimate of drug-likeness (QED) is 0.147. The molecule has 11 aromatic rings. The highest BCUT2D eigenvalue weighted by Crippen LogP contribution is 2.50. The molecule has 0 aliphatic carbocycles. The van der Waals surface area contributed by atoms with Crippen molar-refractivity contribution in [3.8, 4) is 44.5 Å². The molecule has 0 radical (unpaired) electrons. The molecule has 1 heteroatoms. The van der Waals surface area contributed by atoms with Crippen LogP contribution in [0.25, 0.3) is 87.6 Å². The molecule has 0 spiro atoms. The van der Waals surface area contributed by atoms with Crippen LogP contribution < -0.4 is 4.90 Å². The molecule has 0 atom stereocenters. The van der Waals surface area contributed by atoms with E-state index in [1.807, 2.05) is 0 Å². The third kappa shape index (κ3) is 6.04. The van der Waals surface area contributed by atoms with Crippen molar-refractivity contribution in [1.82, 2.24) is 0 Å². The van der Waals surface area contributed by atoms with E-state index in [-0.39, 0.29) is 0 Å². The lowest BCUT2D eigenvalue weighted by Gasteiger charge is -2.27. The Morgan fingerprint density at radius 2 is 0.729 bits per heavy atom. The van der Waals surface area contributed by atoms with Crippen molar-refractivity contribution in [2.75, 3.05) is 4.90 Å². The second-order valence-corrected chi connectivity index (χ2v) is 15.2. The van der Waals surface area contributed by atoms with E-state index in [2.05, 4.69) is 241 Å². The summed E-state index contributed by atoms with van der Waals surface area (Å²) in [6, 6.07) is 86.2. The third-order valence-electron chi connectivity index (χ3n) is 11.8. The van der Waals surface area contributed by atoms with Gasteiger partial charge in [0.25, 0.3) is 0 Å². The number of para-hydroxylation sites is 1. The fourth-order valence-corrected chi connectivity index (χ4v) is 9.17. The van der Waals surface area contributed by atoms with Crippen LogP contribution in [0.15, 0.2) is 237 Å². The molecular formula is C58H39N. The van der Waals surface area contributed by atoms with Gasteiger partial charge in [-0.1, -0.05) is 194 Å². The average molecular weight is 750 g/mol. The zero-order chi connectivity index (χ0) is 39.1. The molecule has 11 aromatic carbocycles. The first-order valence-corrected chi connectivity index (χ1v) is 20.3. The SMILES string of the molecule is c1ccc(-c2cc(-c3ccccc3)c3c4ccccc4c4cc(N(c5ccccc5)c5ccc(-c6cccc7ccccc67)cc5)ccc4c3c2-c2ccccc2)cc1. The first-order chi connectivity index (χ1) is 29.3. The summed E-state index contributed by atoms with van der Waals surface area (Å²) < 4.78 is 0. The molecule has 0 aliphatic rings. The van der Waals surface area contributed by atoms with Crippen molar-refractivity contribution in [2.45, 2.75) is 0 Å².